The Bertz CT molecular complexity index is 649. The van der Waals surface area contributed by atoms with Crippen molar-refractivity contribution in [2.75, 3.05) is 13.2 Å². The highest BCUT2D eigenvalue weighted by Crippen LogP contribution is 2.34. The first-order valence-electron chi connectivity index (χ1n) is 8.98. The van der Waals surface area contributed by atoms with E-state index in [2.05, 4.69) is 17.4 Å². The summed E-state index contributed by atoms with van der Waals surface area (Å²) >= 11 is 0. The largest absolute Gasteiger partial charge is 0.490 e. The van der Waals surface area contributed by atoms with E-state index in [1.54, 1.807) is 0 Å². The molecule has 0 saturated heterocycles. The van der Waals surface area contributed by atoms with Crippen molar-refractivity contribution in [3.05, 3.63) is 65.7 Å². The van der Waals surface area contributed by atoms with Crippen LogP contribution in [-0.2, 0) is 11.3 Å². The van der Waals surface area contributed by atoms with Crippen molar-refractivity contribution >= 4 is 6.09 Å². The third-order valence-electron chi connectivity index (χ3n) is 4.57. The van der Waals surface area contributed by atoms with Crippen LogP contribution in [-0.4, -0.2) is 19.3 Å². The Balaban J connectivity index is 1.32. The molecular formula is C21H25NO3. The molecule has 0 atom stereocenters. The minimum absolute atomic E-state index is 0.227. The summed E-state index contributed by atoms with van der Waals surface area (Å²) in [4.78, 5) is 11.6. The maximum Gasteiger partial charge on any atom is 0.407 e. The van der Waals surface area contributed by atoms with E-state index in [0.29, 0.717) is 19.1 Å². The fourth-order valence-corrected chi connectivity index (χ4v) is 3.21. The number of carbonyl (C=O) groups is 1. The zero-order chi connectivity index (χ0) is 17.3. The summed E-state index contributed by atoms with van der Waals surface area (Å²) in [5.41, 5.74) is 2.44. The second-order valence-corrected chi connectivity index (χ2v) is 6.37. The van der Waals surface area contributed by atoms with E-state index >= 15 is 0 Å². The summed E-state index contributed by atoms with van der Waals surface area (Å²) in [5, 5.41) is 2.72. The van der Waals surface area contributed by atoms with Gasteiger partial charge in [-0.05, 0) is 42.0 Å². The number of alkyl carbamates (subject to hydrolysis) is 1. The molecule has 0 bridgehead atoms. The molecule has 1 fully saturated rings. The van der Waals surface area contributed by atoms with Crippen molar-refractivity contribution < 1.29 is 14.3 Å². The number of nitrogens with one attached hydrogen (secondary N) is 1. The van der Waals surface area contributed by atoms with E-state index in [9.17, 15) is 4.79 Å². The van der Waals surface area contributed by atoms with Crippen molar-refractivity contribution in [2.24, 2.45) is 0 Å². The molecule has 2 aromatic rings. The highest BCUT2D eigenvalue weighted by atomic mass is 16.6. The number of rotatable bonds is 7. The van der Waals surface area contributed by atoms with Gasteiger partial charge in [-0.15, -0.1) is 0 Å². The fourth-order valence-electron chi connectivity index (χ4n) is 3.21. The molecule has 3 rings (SSSR count). The smallest absolute Gasteiger partial charge is 0.407 e. The van der Waals surface area contributed by atoms with Crippen molar-refractivity contribution in [3.8, 4) is 5.75 Å². The molecule has 0 radical (unpaired) electrons. The molecule has 2 aromatic carbocycles. The van der Waals surface area contributed by atoms with Gasteiger partial charge in [-0.3, -0.25) is 0 Å². The van der Waals surface area contributed by atoms with Crippen LogP contribution in [0.25, 0.3) is 0 Å². The summed E-state index contributed by atoms with van der Waals surface area (Å²) in [6.07, 6.45) is 4.85. The van der Waals surface area contributed by atoms with Crippen LogP contribution in [0.4, 0.5) is 4.79 Å². The first kappa shape index (κ1) is 17.3. The van der Waals surface area contributed by atoms with Gasteiger partial charge in [-0.25, -0.2) is 4.79 Å². The molecule has 1 aliphatic carbocycles. The maximum atomic E-state index is 11.6. The second-order valence-electron chi connectivity index (χ2n) is 6.37. The molecule has 4 heteroatoms. The molecule has 1 N–H and O–H groups in total. The highest BCUT2D eigenvalue weighted by molar-refractivity contribution is 5.67. The van der Waals surface area contributed by atoms with Gasteiger partial charge in [-0.2, -0.15) is 0 Å². The first-order valence-corrected chi connectivity index (χ1v) is 8.98. The number of benzene rings is 2. The lowest BCUT2D eigenvalue weighted by Gasteiger charge is -2.11. The van der Waals surface area contributed by atoms with Crippen LogP contribution >= 0.6 is 0 Å². The van der Waals surface area contributed by atoms with Crippen LogP contribution in [0.5, 0.6) is 5.75 Å². The summed E-state index contributed by atoms with van der Waals surface area (Å²) in [5.74, 6) is 1.53. The average Bonchev–Trinajstić information content (AvgIpc) is 3.20. The quantitative estimate of drug-likeness (QED) is 0.747. The lowest BCUT2D eigenvalue weighted by molar-refractivity contribution is 0.124. The van der Waals surface area contributed by atoms with Gasteiger partial charge in [0.25, 0.3) is 0 Å². The summed E-state index contributed by atoms with van der Waals surface area (Å²) in [6.45, 7) is 1.04. The van der Waals surface area contributed by atoms with E-state index in [-0.39, 0.29) is 6.61 Å². The summed E-state index contributed by atoms with van der Waals surface area (Å²) < 4.78 is 10.7. The van der Waals surface area contributed by atoms with Crippen LogP contribution in [0.15, 0.2) is 54.6 Å². The Morgan fingerprint density at radius 2 is 1.68 bits per heavy atom. The molecule has 25 heavy (non-hydrogen) atoms. The molecule has 1 saturated carbocycles. The molecule has 1 amide bonds. The maximum absolute atomic E-state index is 11.6. The van der Waals surface area contributed by atoms with Crippen molar-refractivity contribution in [3.63, 3.8) is 0 Å². The molecule has 0 heterocycles. The standard InChI is InChI=1S/C21H25NO3/c23-21(22-16-17-6-2-1-3-7-17)25-15-14-24-20-12-10-19(11-13-20)18-8-4-5-9-18/h1-3,6-7,10-13,18H,4-5,8-9,14-16H2,(H,22,23). The van der Waals surface area contributed by atoms with Gasteiger partial charge in [0.1, 0.15) is 19.0 Å². The third-order valence-corrected chi connectivity index (χ3v) is 4.57. The predicted octanol–water partition coefficient (Wildman–Crippen LogP) is 4.65. The molecule has 1 aliphatic rings. The van der Waals surface area contributed by atoms with Gasteiger partial charge in [0.05, 0.1) is 0 Å². The van der Waals surface area contributed by atoms with E-state index in [0.717, 1.165) is 11.3 Å². The van der Waals surface area contributed by atoms with Gasteiger partial charge >= 0.3 is 6.09 Å². The average molecular weight is 339 g/mol. The predicted molar refractivity (Wildman–Crippen MR) is 97.8 cm³/mol. The zero-order valence-corrected chi connectivity index (χ0v) is 14.4. The highest BCUT2D eigenvalue weighted by Gasteiger charge is 2.16. The van der Waals surface area contributed by atoms with Gasteiger partial charge in [0.15, 0.2) is 0 Å². The molecule has 132 valence electrons. The van der Waals surface area contributed by atoms with Crippen LogP contribution in [0.1, 0.15) is 42.7 Å². The van der Waals surface area contributed by atoms with Crippen molar-refractivity contribution in [1.29, 1.82) is 0 Å². The van der Waals surface area contributed by atoms with Gasteiger partial charge < -0.3 is 14.8 Å². The number of hydrogen-bond donors (Lipinski definition) is 1. The second kappa shape index (κ2) is 9.11. The number of hydrogen-bond acceptors (Lipinski definition) is 3. The Hall–Kier alpha value is -2.49. The molecule has 0 aromatic heterocycles. The molecule has 4 nitrogen and oxygen atoms in total. The minimum atomic E-state index is -0.427. The SMILES string of the molecule is O=C(NCc1ccccc1)OCCOc1ccc(C2CCCC2)cc1. The van der Waals surface area contributed by atoms with Crippen molar-refractivity contribution in [1.82, 2.24) is 5.32 Å². The van der Waals surface area contributed by atoms with E-state index in [1.807, 2.05) is 42.5 Å². The summed E-state index contributed by atoms with van der Waals surface area (Å²) in [7, 11) is 0. The molecule has 0 aliphatic heterocycles. The lowest BCUT2D eigenvalue weighted by atomic mass is 9.98. The van der Waals surface area contributed by atoms with Gasteiger partial charge in [-0.1, -0.05) is 55.3 Å². The number of carbonyl (C=O) groups excluding carboxylic acids is 1. The normalized spacial score (nSPS) is 14.2. The van der Waals surface area contributed by atoms with E-state index in [4.69, 9.17) is 9.47 Å². The Labute approximate surface area is 149 Å². The summed E-state index contributed by atoms with van der Waals surface area (Å²) in [6, 6.07) is 18.0. The Morgan fingerprint density at radius 1 is 0.960 bits per heavy atom. The zero-order valence-electron chi connectivity index (χ0n) is 14.4. The van der Waals surface area contributed by atoms with Crippen LogP contribution < -0.4 is 10.1 Å². The molecule has 0 spiro atoms. The van der Waals surface area contributed by atoms with Crippen molar-refractivity contribution in [2.45, 2.75) is 38.1 Å². The topological polar surface area (TPSA) is 47.6 Å². The number of ether oxygens (including phenoxy) is 2. The van der Waals surface area contributed by atoms with Gasteiger partial charge in [0.2, 0.25) is 0 Å². The third kappa shape index (κ3) is 5.52. The minimum Gasteiger partial charge on any atom is -0.490 e. The van der Waals surface area contributed by atoms with Crippen LogP contribution in [0.3, 0.4) is 0 Å². The van der Waals surface area contributed by atoms with E-state index in [1.165, 1.54) is 31.2 Å². The molecular weight excluding hydrogens is 314 g/mol. The van der Waals surface area contributed by atoms with Gasteiger partial charge in [0, 0.05) is 6.54 Å². The first-order chi connectivity index (χ1) is 12.3. The lowest BCUT2D eigenvalue weighted by Crippen LogP contribution is -2.25. The van der Waals surface area contributed by atoms with E-state index < -0.39 is 6.09 Å². The molecule has 0 unspecified atom stereocenters. The Morgan fingerprint density at radius 3 is 2.40 bits per heavy atom. The fraction of sp³-hybridized carbons (Fsp3) is 0.381. The van der Waals surface area contributed by atoms with Crippen LogP contribution in [0, 0.1) is 0 Å². The van der Waals surface area contributed by atoms with Crippen LogP contribution in [0.2, 0.25) is 0 Å². The monoisotopic (exact) mass is 339 g/mol. The number of amides is 1. The Kier molecular flexibility index (Phi) is 6.32.